The summed E-state index contributed by atoms with van der Waals surface area (Å²) in [5.74, 6) is -0.0295. The van der Waals surface area contributed by atoms with Crippen LogP contribution >= 0.6 is 0 Å². The van der Waals surface area contributed by atoms with Gasteiger partial charge in [-0.15, -0.1) is 0 Å². The van der Waals surface area contributed by atoms with Gasteiger partial charge in [0.05, 0.1) is 11.8 Å². The first kappa shape index (κ1) is 10.5. The molecule has 0 atom stereocenters. The van der Waals surface area contributed by atoms with Crippen molar-refractivity contribution < 1.29 is 4.79 Å². The molecule has 4 heteroatoms. The molecule has 0 N–H and O–H groups in total. The lowest BCUT2D eigenvalue weighted by molar-refractivity contribution is 0.103. The minimum Gasteiger partial charge on any atom is -0.288 e. The largest absolute Gasteiger partial charge is 0.288 e. The molecule has 0 aliphatic heterocycles. The molecule has 0 spiro atoms. The van der Waals surface area contributed by atoms with Crippen molar-refractivity contribution in [3.8, 4) is 0 Å². The average Bonchev–Trinajstić information content (AvgIpc) is 2.60. The van der Waals surface area contributed by atoms with Gasteiger partial charge in [0, 0.05) is 30.2 Å². The van der Waals surface area contributed by atoms with Gasteiger partial charge in [0.1, 0.15) is 0 Å². The van der Waals surface area contributed by atoms with E-state index in [0.717, 1.165) is 11.4 Å². The van der Waals surface area contributed by atoms with Gasteiger partial charge in [0.15, 0.2) is 5.78 Å². The van der Waals surface area contributed by atoms with E-state index in [-0.39, 0.29) is 5.78 Å². The van der Waals surface area contributed by atoms with E-state index < -0.39 is 0 Å². The highest BCUT2D eigenvalue weighted by Crippen LogP contribution is 2.12. The number of aryl methyl sites for hydroxylation is 2. The van der Waals surface area contributed by atoms with Crippen LogP contribution in [0.15, 0.2) is 24.5 Å². The molecule has 2 aromatic heterocycles. The van der Waals surface area contributed by atoms with Crippen LogP contribution < -0.4 is 0 Å². The maximum Gasteiger partial charge on any atom is 0.198 e. The smallest absolute Gasteiger partial charge is 0.198 e. The number of rotatable bonds is 2. The van der Waals surface area contributed by atoms with Crippen LogP contribution in [-0.4, -0.2) is 20.5 Å². The number of aromatic nitrogens is 3. The zero-order chi connectivity index (χ0) is 11.7. The van der Waals surface area contributed by atoms with E-state index in [9.17, 15) is 4.79 Å². The molecule has 0 bridgehead atoms. The molecule has 82 valence electrons. The average molecular weight is 215 g/mol. The number of carbonyl (C=O) groups excluding carboxylic acids is 1. The summed E-state index contributed by atoms with van der Waals surface area (Å²) < 4.78 is 1.69. The van der Waals surface area contributed by atoms with Gasteiger partial charge in [-0.3, -0.25) is 14.5 Å². The fourth-order valence-corrected chi connectivity index (χ4v) is 1.48. The first-order valence-corrected chi connectivity index (χ1v) is 5.05. The maximum atomic E-state index is 12.1. The second-order valence-corrected chi connectivity index (χ2v) is 3.78. The summed E-state index contributed by atoms with van der Waals surface area (Å²) in [5, 5.41) is 4.06. The first-order valence-electron chi connectivity index (χ1n) is 5.05. The Kier molecular flexibility index (Phi) is 2.56. The van der Waals surface area contributed by atoms with Crippen molar-refractivity contribution in [3.05, 3.63) is 47.0 Å². The standard InChI is InChI=1S/C12H13N3O/c1-8-4-5-10(6-13-8)12(16)11-7-14-15(3)9(11)2/h4-7H,1-3H3. The summed E-state index contributed by atoms with van der Waals surface area (Å²) in [5.41, 5.74) is 3.00. The fourth-order valence-electron chi connectivity index (χ4n) is 1.48. The van der Waals surface area contributed by atoms with Crippen molar-refractivity contribution in [1.82, 2.24) is 14.8 Å². The summed E-state index contributed by atoms with van der Waals surface area (Å²) >= 11 is 0. The van der Waals surface area contributed by atoms with Gasteiger partial charge in [0.2, 0.25) is 0 Å². The number of carbonyl (C=O) groups is 1. The predicted molar refractivity (Wildman–Crippen MR) is 60.4 cm³/mol. The van der Waals surface area contributed by atoms with E-state index in [1.165, 1.54) is 0 Å². The summed E-state index contributed by atoms with van der Waals surface area (Å²) in [4.78, 5) is 16.2. The molecule has 0 radical (unpaired) electrons. The molecular formula is C12H13N3O. The van der Waals surface area contributed by atoms with E-state index in [2.05, 4.69) is 10.1 Å². The molecule has 2 heterocycles. The third-order valence-electron chi connectivity index (χ3n) is 2.65. The lowest BCUT2D eigenvalue weighted by atomic mass is 10.1. The van der Waals surface area contributed by atoms with Crippen molar-refractivity contribution in [1.29, 1.82) is 0 Å². The number of ketones is 1. The third-order valence-corrected chi connectivity index (χ3v) is 2.65. The van der Waals surface area contributed by atoms with Gasteiger partial charge in [-0.1, -0.05) is 0 Å². The second kappa shape index (κ2) is 3.89. The summed E-state index contributed by atoms with van der Waals surface area (Å²) in [7, 11) is 1.82. The Hall–Kier alpha value is -1.97. The number of nitrogens with zero attached hydrogens (tertiary/aromatic N) is 3. The Balaban J connectivity index is 2.39. The van der Waals surface area contributed by atoms with Crippen molar-refractivity contribution in [2.75, 3.05) is 0 Å². The summed E-state index contributed by atoms with van der Waals surface area (Å²) in [6.07, 6.45) is 3.20. The number of hydrogen-bond acceptors (Lipinski definition) is 3. The SMILES string of the molecule is Cc1ccc(C(=O)c2cnn(C)c2C)cn1. The maximum absolute atomic E-state index is 12.1. The van der Waals surface area contributed by atoms with Gasteiger partial charge in [-0.25, -0.2) is 0 Å². The molecule has 4 nitrogen and oxygen atoms in total. The molecule has 2 aromatic rings. The van der Waals surface area contributed by atoms with Gasteiger partial charge >= 0.3 is 0 Å². The van der Waals surface area contributed by atoms with E-state index in [1.807, 2.05) is 27.0 Å². The molecule has 0 aromatic carbocycles. The van der Waals surface area contributed by atoms with Gasteiger partial charge < -0.3 is 0 Å². The van der Waals surface area contributed by atoms with Gasteiger partial charge in [-0.05, 0) is 26.0 Å². The zero-order valence-electron chi connectivity index (χ0n) is 9.56. The molecule has 0 fully saturated rings. The lowest BCUT2D eigenvalue weighted by Gasteiger charge is -2.00. The normalized spacial score (nSPS) is 10.4. The van der Waals surface area contributed by atoms with E-state index in [4.69, 9.17) is 0 Å². The van der Waals surface area contributed by atoms with Crippen LogP contribution in [0.2, 0.25) is 0 Å². The quantitative estimate of drug-likeness (QED) is 0.716. The van der Waals surface area contributed by atoms with E-state index in [1.54, 1.807) is 23.1 Å². The molecule has 0 saturated heterocycles. The zero-order valence-corrected chi connectivity index (χ0v) is 9.56. The molecule has 0 aliphatic carbocycles. The second-order valence-electron chi connectivity index (χ2n) is 3.78. The van der Waals surface area contributed by atoms with E-state index in [0.29, 0.717) is 11.1 Å². The predicted octanol–water partition coefficient (Wildman–Crippen LogP) is 1.66. The van der Waals surface area contributed by atoms with Crippen LogP contribution in [0.3, 0.4) is 0 Å². The topological polar surface area (TPSA) is 47.8 Å². The fraction of sp³-hybridized carbons (Fsp3) is 0.250. The molecule has 0 aliphatic rings. The van der Waals surface area contributed by atoms with Crippen molar-refractivity contribution in [3.63, 3.8) is 0 Å². The van der Waals surface area contributed by atoms with Crippen molar-refractivity contribution in [2.24, 2.45) is 7.05 Å². The van der Waals surface area contributed by atoms with Crippen LogP contribution in [0.1, 0.15) is 27.3 Å². The van der Waals surface area contributed by atoms with E-state index >= 15 is 0 Å². The monoisotopic (exact) mass is 215 g/mol. The highest BCUT2D eigenvalue weighted by Gasteiger charge is 2.14. The highest BCUT2D eigenvalue weighted by atomic mass is 16.1. The molecule has 0 amide bonds. The van der Waals surface area contributed by atoms with Crippen molar-refractivity contribution in [2.45, 2.75) is 13.8 Å². The van der Waals surface area contributed by atoms with Crippen molar-refractivity contribution >= 4 is 5.78 Å². The van der Waals surface area contributed by atoms with Crippen LogP contribution in [0.25, 0.3) is 0 Å². The Bertz CT molecular complexity index is 526. The molecule has 0 saturated carbocycles. The first-order chi connectivity index (χ1) is 7.59. The Labute approximate surface area is 93.9 Å². The summed E-state index contributed by atoms with van der Waals surface area (Å²) in [6.45, 7) is 3.77. The number of hydrogen-bond donors (Lipinski definition) is 0. The Morgan fingerprint density at radius 3 is 2.50 bits per heavy atom. The Morgan fingerprint density at radius 2 is 2.00 bits per heavy atom. The van der Waals surface area contributed by atoms with Crippen LogP contribution in [0.4, 0.5) is 0 Å². The molecular weight excluding hydrogens is 202 g/mol. The number of pyridine rings is 1. The van der Waals surface area contributed by atoms with Crippen LogP contribution in [-0.2, 0) is 7.05 Å². The van der Waals surface area contributed by atoms with Crippen LogP contribution in [0.5, 0.6) is 0 Å². The highest BCUT2D eigenvalue weighted by molar-refractivity contribution is 6.09. The summed E-state index contributed by atoms with van der Waals surface area (Å²) in [6, 6.07) is 3.62. The molecule has 16 heavy (non-hydrogen) atoms. The van der Waals surface area contributed by atoms with Crippen LogP contribution in [0, 0.1) is 13.8 Å². The van der Waals surface area contributed by atoms with Gasteiger partial charge in [-0.2, -0.15) is 5.10 Å². The van der Waals surface area contributed by atoms with Gasteiger partial charge in [0.25, 0.3) is 0 Å². The molecule has 2 rings (SSSR count). The minimum atomic E-state index is -0.0295. The molecule has 0 unspecified atom stereocenters. The lowest BCUT2D eigenvalue weighted by Crippen LogP contribution is -2.04. The minimum absolute atomic E-state index is 0.0295. The third kappa shape index (κ3) is 1.74. The Morgan fingerprint density at radius 1 is 1.25 bits per heavy atom.